The predicted octanol–water partition coefficient (Wildman–Crippen LogP) is 6.02. The van der Waals surface area contributed by atoms with E-state index in [0.29, 0.717) is 12.0 Å². The summed E-state index contributed by atoms with van der Waals surface area (Å²) >= 11 is 0. The highest BCUT2D eigenvalue weighted by molar-refractivity contribution is 7.92. The Morgan fingerprint density at radius 1 is 0.822 bits per heavy atom. The molecule has 0 heterocycles. The number of rotatable bonds is 13. The fourth-order valence-electron chi connectivity index (χ4n) is 4.79. The first-order valence-corrected chi connectivity index (χ1v) is 16.2. The van der Waals surface area contributed by atoms with Crippen molar-refractivity contribution in [3.8, 4) is 0 Å². The number of halogens is 2. The highest BCUT2D eigenvalue weighted by atomic mass is 32.2. The van der Waals surface area contributed by atoms with Crippen LogP contribution in [-0.2, 0) is 32.6 Å². The number of sulfonamides is 1. The Bertz CT molecular complexity index is 1700. The SMILES string of the molecule is CC[C@@H](C)NC(=O)[C@H](Cc1ccccc1)N(Cc1ccc(F)cc1)C(=O)CN(c1ccccc1F)S(=O)(=O)c1ccc(C)cc1. The van der Waals surface area contributed by atoms with Crippen molar-refractivity contribution in [1.29, 1.82) is 0 Å². The summed E-state index contributed by atoms with van der Waals surface area (Å²) in [6.45, 7) is 4.65. The van der Waals surface area contributed by atoms with E-state index in [1.165, 1.54) is 59.5 Å². The first kappa shape index (κ1) is 33.3. The maximum atomic E-state index is 15.2. The van der Waals surface area contributed by atoms with E-state index in [0.717, 1.165) is 21.5 Å². The molecule has 2 atom stereocenters. The van der Waals surface area contributed by atoms with Crippen LogP contribution in [0.5, 0.6) is 0 Å². The zero-order valence-electron chi connectivity index (χ0n) is 25.5. The molecular weight excluding hydrogens is 596 g/mol. The van der Waals surface area contributed by atoms with E-state index in [1.807, 2.05) is 44.2 Å². The maximum Gasteiger partial charge on any atom is 0.264 e. The minimum Gasteiger partial charge on any atom is -0.352 e. The van der Waals surface area contributed by atoms with Crippen LogP contribution in [0.3, 0.4) is 0 Å². The molecule has 4 aromatic carbocycles. The average molecular weight is 634 g/mol. The van der Waals surface area contributed by atoms with Crippen LogP contribution in [0.2, 0.25) is 0 Å². The number of para-hydroxylation sites is 1. The van der Waals surface area contributed by atoms with Crippen LogP contribution in [0.4, 0.5) is 14.5 Å². The summed E-state index contributed by atoms with van der Waals surface area (Å²) < 4.78 is 57.7. The van der Waals surface area contributed by atoms with Gasteiger partial charge in [-0.05, 0) is 67.8 Å². The molecule has 1 N–H and O–H groups in total. The van der Waals surface area contributed by atoms with Crippen LogP contribution in [-0.4, -0.2) is 43.8 Å². The lowest BCUT2D eigenvalue weighted by Gasteiger charge is -2.34. The van der Waals surface area contributed by atoms with E-state index in [4.69, 9.17) is 0 Å². The maximum absolute atomic E-state index is 15.2. The highest BCUT2D eigenvalue weighted by Gasteiger charge is 2.35. The third-order valence-corrected chi connectivity index (χ3v) is 9.32. The number of hydrogen-bond acceptors (Lipinski definition) is 4. The van der Waals surface area contributed by atoms with Gasteiger partial charge in [0.15, 0.2) is 0 Å². The molecule has 45 heavy (non-hydrogen) atoms. The van der Waals surface area contributed by atoms with Gasteiger partial charge in [-0.15, -0.1) is 0 Å². The summed E-state index contributed by atoms with van der Waals surface area (Å²) in [5.41, 5.74) is 1.82. The number of benzene rings is 4. The van der Waals surface area contributed by atoms with Crippen molar-refractivity contribution in [3.05, 3.63) is 131 Å². The topological polar surface area (TPSA) is 86.8 Å². The number of hydrogen-bond donors (Lipinski definition) is 1. The molecule has 4 rings (SSSR count). The lowest BCUT2D eigenvalue weighted by atomic mass is 10.0. The molecule has 0 saturated heterocycles. The molecule has 236 valence electrons. The first-order chi connectivity index (χ1) is 21.5. The predicted molar refractivity (Wildman–Crippen MR) is 171 cm³/mol. The zero-order valence-corrected chi connectivity index (χ0v) is 26.3. The molecule has 0 unspecified atom stereocenters. The Kier molecular flexibility index (Phi) is 11.1. The molecule has 0 aliphatic rings. The summed E-state index contributed by atoms with van der Waals surface area (Å²) in [7, 11) is -4.43. The summed E-state index contributed by atoms with van der Waals surface area (Å²) in [5, 5.41) is 2.95. The third-order valence-electron chi connectivity index (χ3n) is 7.55. The average Bonchev–Trinajstić information content (AvgIpc) is 3.03. The molecule has 0 saturated carbocycles. The van der Waals surface area contributed by atoms with E-state index in [1.54, 1.807) is 19.1 Å². The van der Waals surface area contributed by atoms with Gasteiger partial charge < -0.3 is 10.2 Å². The van der Waals surface area contributed by atoms with Gasteiger partial charge in [0.1, 0.15) is 24.2 Å². The van der Waals surface area contributed by atoms with Gasteiger partial charge in [0, 0.05) is 19.0 Å². The minimum atomic E-state index is -4.43. The van der Waals surface area contributed by atoms with Crippen molar-refractivity contribution in [2.45, 2.75) is 57.1 Å². The molecule has 2 amide bonds. The van der Waals surface area contributed by atoms with Crippen LogP contribution < -0.4 is 9.62 Å². The fourth-order valence-corrected chi connectivity index (χ4v) is 6.21. The highest BCUT2D eigenvalue weighted by Crippen LogP contribution is 2.27. The second kappa shape index (κ2) is 14.9. The minimum absolute atomic E-state index is 0.121. The van der Waals surface area contributed by atoms with Gasteiger partial charge in [-0.1, -0.05) is 79.2 Å². The molecule has 0 aromatic heterocycles. The van der Waals surface area contributed by atoms with Crippen LogP contribution >= 0.6 is 0 Å². The summed E-state index contributed by atoms with van der Waals surface area (Å²) in [5.74, 6) is -2.47. The van der Waals surface area contributed by atoms with Crippen molar-refractivity contribution < 1.29 is 26.8 Å². The standard InChI is InChI=1S/C35H37F2N3O4S/c1-4-26(3)38-35(42)33(22-27-10-6-5-7-11-27)39(23-28-16-18-29(36)19-17-28)34(41)24-40(32-13-9-8-12-31(32)37)45(43,44)30-20-14-25(2)15-21-30/h5-21,26,33H,4,22-24H2,1-3H3,(H,38,42)/t26-,33+/m1/s1. The number of carbonyl (C=O) groups is 2. The molecule has 0 aliphatic heterocycles. The van der Waals surface area contributed by atoms with Crippen molar-refractivity contribution in [2.24, 2.45) is 0 Å². The third kappa shape index (κ3) is 8.54. The number of carbonyl (C=O) groups excluding carboxylic acids is 2. The fraction of sp³-hybridized carbons (Fsp3) is 0.257. The number of nitrogens with one attached hydrogen (secondary N) is 1. The van der Waals surface area contributed by atoms with E-state index in [2.05, 4.69) is 5.32 Å². The van der Waals surface area contributed by atoms with Crippen LogP contribution in [0.25, 0.3) is 0 Å². The van der Waals surface area contributed by atoms with Crippen LogP contribution in [0.1, 0.15) is 37.0 Å². The second-order valence-electron chi connectivity index (χ2n) is 10.9. The monoisotopic (exact) mass is 633 g/mol. The summed E-state index contributed by atoms with van der Waals surface area (Å²) in [6.07, 6.45) is 0.770. The normalized spacial score (nSPS) is 12.6. The number of nitrogens with zero attached hydrogens (tertiary/aromatic N) is 2. The molecule has 0 spiro atoms. The van der Waals surface area contributed by atoms with E-state index in [-0.39, 0.29) is 29.6 Å². The van der Waals surface area contributed by atoms with Crippen LogP contribution in [0, 0.1) is 18.6 Å². The Morgan fingerprint density at radius 2 is 1.44 bits per heavy atom. The lowest BCUT2D eigenvalue weighted by Crippen LogP contribution is -2.54. The van der Waals surface area contributed by atoms with Crippen molar-refractivity contribution in [1.82, 2.24) is 10.2 Å². The van der Waals surface area contributed by atoms with Gasteiger partial charge in [0.05, 0.1) is 10.6 Å². The summed E-state index contributed by atoms with van der Waals surface area (Å²) in [4.78, 5) is 29.4. The van der Waals surface area contributed by atoms with E-state index >= 15 is 4.39 Å². The molecule has 0 aliphatic carbocycles. The lowest BCUT2D eigenvalue weighted by molar-refractivity contribution is -0.140. The van der Waals surface area contributed by atoms with Gasteiger partial charge >= 0.3 is 0 Å². The van der Waals surface area contributed by atoms with Gasteiger partial charge in [0.25, 0.3) is 10.0 Å². The zero-order chi connectivity index (χ0) is 32.6. The van der Waals surface area contributed by atoms with Crippen molar-refractivity contribution in [2.75, 3.05) is 10.8 Å². The largest absolute Gasteiger partial charge is 0.352 e. The smallest absolute Gasteiger partial charge is 0.264 e. The molecular formula is C35H37F2N3O4S. The quantitative estimate of drug-likeness (QED) is 0.195. The molecule has 4 aromatic rings. The van der Waals surface area contributed by atoms with Crippen molar-refractivity contribution in [3.63, 3.8) is 0 Å². The summed E-state index contributed by atoms with van der Waals surface area (Å²) in [6, 6.07) is 24.7. The van der Waals surface area contributed by atoms with E-state index in [9.17, 15) is 22.4 Å². The van der Waals surface area contributed by atoms with Gasteiger partial charge in [-0.2, -0.15) is 0 Å². The van der Waals surface area contributed by atoms with Crippen LogP contribution in [0.15, 0.2) is 108 Å². The number of amides is 2. The first-order valence-electron chi connectivity index (χ1n) is 14.7. The molecule has 0 bridgehead atoms. The Hall–Kier alpha value is -4.57. The molecule has 0 fully saturated rings. The Morgan fingerprint density at radius 3 is 2.07 bits per heavy atom. The van der Waals surface area contributed by atoms with Gasteiger partial charge in [-0.3, -0.25) is 13.9 Å². The van der Waals surface area contributed by atoms with Gasteiger partial charge in [0.2, 0.25) is 11.8 Å². The molecule has 0 radical (unpaired) electrons. The van der Waals surface area contributed by atoms with Crippen molar-refractivity contribution >= 4 is 27.5 Å². The van der Waals surface area contributed by atoms with Gasteiger partial charge in [-0.25, -0.2) is 17.2 Å². The molecule has 7 nitrogen and oxygen atoms in total. The number of aryl methyl sites for hydroxylation is 1. The Labute approximate surface area is 263 Å². The Balaban J connectivity index is 1.81. The molecule has 10 heteroatoms. The number of anilines is 1. The van der Waals surface area contributed by atoms with E-state index < -0.39 is 46.1 Å². The second-order valence-corrected chi connectivity index (χ2v) is 12.8.